The summed E-state index contributed by atoms with van der Waals surface area (Å²) in [7, 11) is 1.35. The summed E-state index contributed by atoms with van der Waals surface area (Å²) in [4.78, 5) is 15.3. The first-order valence-corrected chi connectivity index (χ1v) is 14.7. The standard InChI is InChI=1S/C38H37NO5/c1-42-38(41)36(39(25-29-14-6-2-7-15-29)26-30-16-8-3-9-17-30)37(40)33-22-23-34(43-27-31-18-10-4-11-19-31)35(24-33)44-28-32-20-12-5-13-21-32/h2-24,36-37,40H,25-28H2,1H3/t36-,37+/m0/s1. The van der Waals surface area contributed by atoms with Gasteiger partial charge in [0.05, 0.1) is 7.11 Å². The molecule has 224 valence electrons. The van der Waals surface area contributed by atoms with Crippen LogP contribution in [0.2, 0.25) is 0 Å². The Labute approximate surface area is 259 Å². The lowest BCUT2D eigenvalue weighted by Gasteiger charge is -2.33. The van der Waals surface area contributed by atoms with Gasteiger partial charge in [0.2, 0.25) is 0 Å². The molecule has 0 bridgehead atoms. The van der Waals surface area contributed by atoms with E-state index in [1.807, 2.05) is 126 Å². The van der Waals surface area contributed by atoms with E-state index >= 15 is 0 Å². The zero-order valence-electron chi connectivity index (χ0n) is 24.8. The van der Waals surface area contributed by atoms with Crippen molar-refractivity contribution in [3.05, 3.63) is 167 Å². The Morgan fingerprint density at radius 2 is 1.05 bits per heavy atom. The summed E-state index contributed by atoms with van der Waals surface area (Å²) in [5.74, 6) is 0.490. The fraction of sp³-hybridized carbons (Fsp3) is 0.184. The number of esters is 1. The van der Waals surface area contributed by atoms with Crippen molar-refractivity contribution in [2.75, 3.05) is 7.11 Å². The largest absolute Gasteiger partial charge is 0.485 e. The van der Waals surface area contributed by atoms with E-state index in [0.717, 1.165) is 22.3 Å². The minimum Gasteiger partial charge on any atom is -0.485 e. The molecule has 0 aliphatic carbocycles. The van der Waals surface area contributed by atoms with Gasteiger partial charge < -0.3 is 19.3 Å². The van der Waals surface area contributed by atoms with Gasteiger partial charge in [0.15, 0.2) is 11.5 Å². The van der Waals surface area contributed by atoms with Gasteiger partial charge in [-0.25, -0.2) is 0 Å². The van der Waals surface area contributed by atoms with E-state index in [4.69, 9.17) is 14.2 Å². The summed E-state index contributed by atoms with van der Waals surface area (Å²) in [5.41, 5.74) is 4.56. The fourth-order valence-corrected chi connectivity index (χ4v) is 5.08. The molecule has 0 aliphatic rings. The molecule has 6 heteroatoms. The molecule has 0 fully saturated rings. The first-order chi connectivity index (χ1) is 21.6. The average Bonchev–Trinajstić information content (AvgIpc) is 3.08. The molecule has 2 atom stereocenters. The highest BCUT2D eigenvalue weighted by Gasteiger charge is 2.35. The van der Waals surface area contributed by atoms with Crippen LogP contribution in [0.15, 0.2) is 140 Å². The number of benzene rings is 5. The highest BCUT2D eigenvalue weighted by molar-refractivity contribution is 5.77. The molecule has 0 aliphatic heterocycles. The zero-order chi connectivity index (χ0) is 30.6. The Kier molecular flexibility index (Phi) is 10.8. The third-order valence-corrected chi connectivity index (χ3v) is 7.38. The van der Waals surface area contributed by atoms with Crippen molar-refractivity contribution in [1.82, 2.24) is 4.90 Å². The summed E-state index contributed by atoms with van der Waals surface area (Å²) in [6, 6.07) is 43.9. The zero-order valence-corrected chi connectivity index (χ0v) is 24.8. The Hall–Kier alpha value is -4.91. The number of ether oxygens (including phenoxy) is 3. The quantitative estimate of drug-likeness (QED) is 0.140. The second kappa shape index (κ2) is 15.5. The summed E-state index contributed by atoms with van der Waals surface area (Å²) in [6.07, 6.45) is -1.21. The van der Waals surface area contributed by atoms with Crippen LogP contribution in [0.1, 0.15) is 33.9 Å². The summed E-state index contributed by atoms with van der Waals surface area (Å²) in [6.45, 7) is 1.54. The number of carbonyl (C=O) groups is 1. The number of hydrogen-bond acceptors (Lipinski definition) is 6. The van der Waals surface area contributed by atoms with Gasteiger partial charge in [-0.2, -0.15) is 0 Å². The number of nitrogens with zero attached hydrogens (tertiary/aromatic N) is 1. The van der Waals surface area contributed by atoms with Crippen molar-refractivity contribution >= 4 is 5.97 Å². The fourth-order valence-electron chi connectivity index (χ4n) is 5.08. The molecule has 0 aromatic heterocycles. The predicted molar refractivity (Wildman–Crippen MR) is 171 cm³/mol. The predicted octanol–water partition coefficient (Wildman–Crippen LogP) is 7.12. The molecule has 0 saturated carbocycles. The van der Waals surface area contributed by atoms with Crippen LogP contribution in [0.3, 0.4) is 0 Å². The molecule has 5 aromatic carbocycles. The molecule has 6 nitrogen and oxygen atoms in total. The molecular weight excluding hydrogens is 550 g/mol. The average molecular weight is 588 g/mol. The van der Waals surface area contributed by atoms with E-state index in [2.05, 4.69) is 0 Å². The van der Waals surface area contributed by atoms with Gasteiger partial charge in [0.25, 0.3) is 0 Å². The van der Waals surface area contributed by atoms with Crippen LogP contribution in [0, 0.1) is 0 Å². The maximum absolute atomic E-state index is 13.4. The lowest BCUT2D eigenvalue weighted by molar-refractivity contribution is -0.152. The third-order valence-electron chi connectivity index (χ3n) is 7.38. The minimum atomic E-state index is -1.21. The van der Waals surface area contributed by atoms with Crippen LogP contribution in [0.5, 0.6) is 11.5 Å². The molecular formula is C38H37NO5. The molecule has 0 radical (unpaired) electrons. The lowest BCUT2D eigenvalue weighted by atomic mass is 9.98. The molecule has 5 aromatic rings. The number of aliphatic hydroxyl groups is 1. The molecule has 0 unspecified atom stereocenters. The topological polar surface area (TPSA) is 68.2 Å². The van der Waals surface area contributed by atoms with Crippen LogP contribution >= 0.6 is 0 Å². The lowest BCUT2D eigenvalue weighted by Crippen LogP contribution is -2.45. The molecule has 44 heavy (non-hydrogen) atoms. The highest BCUT2D eigenvalue weighted by Crippen LogP contribution is 2.34. The van der Waals surface area contributed by atoms with Crippen molar-refractivity contribution < 1.29 is 24.1 Å². The number of methoxy groups -OCH3 is 1. The number of aliphatic hydroxyl groups excluding tert-OH is 1. The van der Waals surface area contributed by atoms with Crippen molar-refractivity contribution in [1.29, 1.82) is 0 Å². The molecule has 0 heterocycles. The van der Waals surface area contributed by atoms with Crippen molar-refractivity contribution in [2.24, 2.45) is 0 Å². The van der Waals surface area contributed by atoms with E-state index in [-0.39, 0.29) is 0 Å². The number of hydrogen-bond donors (Lipinski definition) is 1. The van der Waals surface area contributed by atoms with Gasteiger partial charge in [-0.05, 0) is 39.9 Å². The van der Waals surface area contributed by atoms with Crippen LogP contribution in [0.4, 0.5) is 0 Å². The van der Waals surface area contributed by atoms with Crippen LogP contribution in [-0.4, -0.2) is 29.1 Å². The number of rotatable bonds is 14. The minimum absolute atomic E-state index is 0.316. The van der Waals surface area contributed by atoms with Gasteiger partial charge in [0, 0.05) is 13.1 Å². The smallest absolute Gasteiger partial charge is 0.326 e. The summed E-state index contributed by atoms with van der Waals surface area (Å²) >= 11 is 0. The van der Waals surface area contributed by atoms with E-state index in [9.17, 15) is 9.90 Å². The van der Waals surface area contributed by atoms with Gasteiger partial charge in [-0.3, -0.25) is 9.69 Å². The van der Waals surface area contributed by atoms with Crippen molar-refractivity contribution in [3.63, 3.8) is 0 Å². The second-order valence-corrected chi connectivity index (χ2v) is 10.5. The third kappa shape index (κ3) is 8.34. The van der Waals surface area contributed by atoms with E-state index in [1.165, 1.54) is 7.11 Å². The van der Waals surface area contributed by atoms with Gasteiger partial charge >= 0.3 is 5.97 Å². The van der Waals surface area contributed by atoms with Crippen molar-refractivity contribution in [3.8, 4) is 11.5 Å². The SMILES string of the molecule is COC(=O)[C@H]([C@H](O)c1ccc(OCc2ccccc2)c(OCc2ccccc2)c1)N(Cc1ccccc1)Cc1ccccc1. The van der Waals surface area contributed by atoms with Crippen LogP contribution in [-0.2, 0) is 35.8 Å². The normalized spacial score (nSPS) is 12.3. The van der Waals surface area contributed by atoms with Gasteiger partial charge in [-0.15, -0.1) is 0 Å². The van der Waals surface area contributed by atoms with Crippen LogP contribution in [0.25, 0.3) is 0 Å². The molecule has 0 spiro atoms. The second-order valence-electron chi connectivity index (χ2n) is 10.5. The van der Waals surface area contributed by atoms with Gasteiger partial charge in [-0.1, -0.05) is 127 Å². The van der Waals surface area contributed by atoms with E-state index in [0.29, 0.717) is 43.4 Å². The molecule has 0 amide bonds. The molecule has 0 saturated heterocycles. The Balaban J connectivity index is 1.46. The highest BCUT2D eigenvalue weighted by atomic mass is 16.5. The van der Waals surface area contributed by atoms with Crippen LogP contribution < -0.4 is 9.47 Å². The summed E-state index contributed by atoms with van der Waals surface area (Å²) in [5, 5.41) is 11.9. The first kappa shape index (κ1) is 30.5. The molecule has 1 N–H and O–H groups in total. The van der Waals surface area contributed by atoms with Crippen molar-refractivity contribution in [2.45, 2.75) is 38.4 Å². The van der Waals surface area contributed by atoms with E-state index in [1.54, 1.807) is 18.2 Å². The maximum Gasteiger partial charge on any atom is 0.326 e. The monoisotopic (exact) mass is 587 g/mol. The Morgan fingerprint density at radius 3 is 1.50 bits per heavy atom. The first-order valence-electron chi connectivity index (χ1n) is 14.7. The van der Waals surface area contributed by atoms with Gasteiger partial charge in [0.1, 0.15) is 25.4 Å². The molecule has 5 rings (SSSR count). The number of carbonyl (C=O) groups excluding carboxylic acids is 1. The Morgan fingerprint density at radius 1 is 0.614 bits per heavy atom. The summed E-state index contributed by atoms with van der Waals surface area (Å²) < 4.78 is 17.7. The Bertz CT molecular complexity index is 1540. The van der Waals surface area contributed by atoms with E-state index < -0.39 is 18.1 Å². The maximum atomic E-state index is 13.4.